The van der Waals surface area contributed by atoms with E-state index in [0.717, 1.165) is 16.6 Å². The van der Waals surface area contributed by atoms with E-state index in [1.807, 2.05) is 0 Å². The minimum absolute atomic E-state index is 0.145. The van der Waals surface area contributed by atoms with Crippen LogP contribution in [0.15, 0.2) is 42.5 Å². The number of amides is 1. The van der Waals surface area contributed by atoms with Gasteiger partial charge in [-0.2, -0.15) is 0 Å². The fourth-order valence-electron chi connectivity index (χ4n) is 2.45. The molecule has 9 heteroatoms. The second kappa shape index (κ2) is 8.24. The van der Waals surface area contributed by atoms with Crippen molar-refractivity contribution in [3.05, 3.63) is 58.3 Å². The lowest BCUT2D eigenvalue weighted by Gasteiger charge is -2.30. The summed E-state index contributed by atoms with van der Waals surface area (Å²) in [6.07, 6.45) is 1.24. The van der Waals surface area contributed by atoms with Crippen molar-refractivity contribution in [2.45, 2.75) is 19.4 Å². The molecule has 0 spiro atoms. The number of sulfonamides is 1. The molecular weight excluding hydrogens is 402 g/mol. The molecule has 0 saturated carbocycles. The molecule has 0 saturated heterocycles. The van der Waals surface area contributed by atoms with E-state index in [4.69, 9.17) is 23.2 Å². The Bertz CT molecular complexity index is 905. The van der Waals surface area contributed by atoms with E-state index < -0.39 is 27.8 Å². The van der Waals surface area contributed by atoms with E-state index in [0.29, 0.717) is 10.7 Å². The molecule has 0 bridgehead atoms. The van der Waals surface area contributed by atoms with Gasteiger partial charge in [0.2, 0.25) is 15.9 Å². The van der Waals surface area contributed by atoms with Crippen molar-refractivity contribution in [3.63, 3.8) is 0 Å². The number of nitrogens with zero attached hydrogens (tertiary/aromatic N) is 1. The number of rotatable bonds is 6. The molecule has 1 unspecified atom stereocenters. The van der Waals surface area contributed by atoms with Gasteiger partial charge in [-0.15, -0.1) is 0 Å². The second-order valence-corrected chi connectivity index (χ2v) is 8.28. The molecule has 0 aliphatic carbocycles. The Kier molecular flexibility index (Phi) is 6.49. The van der Waals surface area contributed by atoms with Crippen LogP contribution in [0.1, 0.15) is 13.3 Å². The molecule has 0 fully saturated rings. The van der Waals surface area contributed by atoms with Crippen molar-refractivity contribution in [2.75, 3.05) is 15.9 Å². The Morgan fingerprint density at radius 2 is 1.81 bits per heavy atom. The number of hydrogen-bond acceptors (Lipinski definition) is 3. The van der Waals surface area contributed by atoms with Gasteiger partial charge in [-0.25, -0.2) is 12.8 Å². The highest BCUT2D eigenvalue weighted by Gasteiger charge is 2.31. The normalized spacial score (nSPS) is 12.5. The molecule has 0 aromatic heterocycles. The van der Waals surface area contributed by atoms with Gasteiger partial charge in [0.25, 0.3) is 0 Å². The van der Waals surface area contributed by atoms with E-state index in [9.17, 15) is 17.6 Å². The zero-order chi connectivity index (χ0) is 19.5. The maximum absolute atomic E-state index is 13.3. The first-order valence-electron chi connectivity index (χ1n) is 7.64. The summed E-state index contributed by atoms with van der Waals surface area (Å²) < 4.78 is 38.9. The largest absolute Gasteiger partial charge is 0.324 e. The lowest BCUT2D eigenvalue weighted by molar-refractivity contribution is -0.117. The molecule has 0 aliphatic rings. The lowest BCUT2D eigenvalue weighted by Crippen LogP contribution is -2.47. The fraction of sp³-hybridized carbons (Fsp3) is 0.235. The highest BCUT2D eigenvalue weighted by atomic mass is 35.5. The highest BCUT2D eigenvalue weighted by Crippen LogP contribution is 2.26. The second-order valence-electron chi connectivity index (χ2n) is 5.58. The molecule has 140 valence electrons. The van der Waals surface area contributed by atoms with Gasteiger partial charge in [0.15, 0.2) is 0 Å². The Morgan fingerprint density at radius 1 is 1.19 bits per heavy atom. The third-order valence-electron chi connectivity index (χ3n) is 3.60. The van der Waals surface area contributed by atoms with Crippen molar-refractivity contribution in [1.29, 1.82) is 0 Å². The first-order valence-corrected chi connectivity index (χ1v) is 10.2. The summed E-state index contributed by atoms with van der Waals surface area (Å²) in [6.45, 7) is 1.69. The van der Waals surface area contributed by atoms with E-state index in [1.54, 1.807) is 19.1 Å². The van der Waals surface area contributed by atoms with Crippen molar-refractivity contribution in [1.82, 2.24) is 0 Å². The van der Waals surface area contributed by atoms with Crippen LogP contribution in [-0.4, -0.2) is 26.6 Å². The van der Waals surface area contributed by atoms with Crippen LogP contribution < -0.4 is 9.62 Å². The Morgan fingerprint density at radius 3 is 2.31 bits per heavy atom. The van der Waals surface area contributed by atoms with Crippen LogP contribution >= 0.6 is 23.2 Å². The summed E-state index contributed by atoms with van der Waals surface area (Å²) >= 11 is 11.6. The standard InChI is InChI=1S/C17H17Cl2FN2O3S/c1-3-16(17(23)21-12-6-9-15(20)14(19)10-12)22(26(2,24)25)13-7-4-11(18)5-8-13/h4-10,16H,3H2,1-2H3,(H,21,23). The number of carbonyl (C=O) groups excluding carboxylic acids is 1. The average Bonchev–Trinajstić information content (AvgIpc) is 2.56. The summed E-state index contributed by atoms with van der Waals surface area (Å²) in [5.74, 6) is -1.17. The number of benzene rings is 2. The Hall–Kier alpha value is -1.83. The van der Waals surface area contributed by atoms with Crippen molar-refractivity contribution in [3.8, 4) is 0 Å². The van der Waals surface area contributed by atoms with Crippen LogP contribution in [0.5, 0.6) is 0 Å². The van der Waals surface area contributed by atoms with Gasteiger partial charge in [-0.05, 0) is 48.9 Å². The maximum Gasteiger partial charge on any atom is 0.248 e. The maximum atomic E-state index is 13.3. The predicted octanol–water partition coefficient (Wildman–Crippen LogP) is 4.32. The molecule has 2 aromatic rings. The smallest absolute Gasteiger partial charge is 0.248 e. The summed E-state index contributed by atoms with van der Waals surface area (Å²) in [5, 5.41) is 2.87. The summed E-state index contributed by atoms with van der Waals surface area (Å²) in [7, 11) is -3.75. The van der Waals surface area contributed by atoms with Crippen LogP contribution in [0.25, 0.3) is 0 Å². The predicted molar refractivity (Wildman–Crippen MR) is 103 cm³/mol. The Labute approximate surface area is 161 Å². The van der Waals surface area contributed by atoms with E-state index in [2.05, 4.69) is 5.32 Å². The lowest BCUT2D eigenvalue weighted by atomic mass is 10.2. The molecule has 2 rings (SSSR count). The molecule has 26 heavy (non-hydrogen) atoms. The molecular formula is C17H17Cl2FN2O3S. The summed E-state index contributed by atoms with van der Waals surface area (Å²) in [4.78, 5) is 12.7. The van der Waals surface area contributed by atoms with Gasteiger partial charge in [-0.1, -0.05) is 30.1 Å². The molecule has 1 N–H and O–H groups in total. The van der Waals surface area contributed by atoms with Crippen molar-refractivity contribution >= 4 is 50.5 Å². The first-order chi connectivity index (χ1) is 12.1. The average molecular weight is 419 g/mol. The summed E-state index contributed by atoms with van der Waals surface area (Å²) in [5.41, 5.74) is 0.584. The van der Waals surface area contributed by atoms with E-state index in [1.165, 1.54) is 24.3 Å². The minimum atomic E-state index is -3.75. The van der Waals surface area contributed by atoms with Crippen molar-refractivity contribution in [2.24, 2.45) is 0 Å². The van der Waals surface area contributed by atoms with Crippen LogP contribution in [0, 0.1) is 5.82 Å². The van der Waals surface area contributed by atoms with Gasteiger partial charge in [0, 0.05) is 10.7 Å². The molecule has 0 heterocycles. The summed E-state index contributed by atoms with van der Waals surface area (Å²) in [6, 6.07) is 8.84. The number of anilines is 2. The van der Waals surface area contributed by atoms with Crippen LogP contribution in [0.4, 0.5) is 15.8 Å². The van der Waals surface area contributed by atoms with Crippen LogP contribution in [0.3, 0.4) is 0 Å². The highest BCUT2D eigenvalue weighted by molar-refractivity contribution is 7.92. The monoisotopic (exact) mass is 418 g/mol. The molecule has 2 aromatic carbocycles. The minimum Gasteiger partial charge on any atom is -0.324 e. The van der Waals surface area contributed by atoms with Gasteiger partial charge in [0.05, 0.1) is 17.0 Å². The zero-order valence-electron chi connectivity index (χ0n) is 14.0. The SMILES string of the molecule is CCC(C(=O)Nc1ccc(F)c(Cl)c1)N(c1ccc(Cl)cc1)S(C)(=O)=O. The molecule has 5 nitrogen and oxygen atoms in total. The van der Waals surface area contributed by atoms with Gasteiger partial charge < -0.3 is 5.32 Å². The quantitative estimate of drug-likeness (QED) is 0.759. The molecule has 0 aliphatic heterocycles. The molecule has 0 radical (unpaired) electrons. The topological polar surface area (TPSA) is 66.5 Å². The molecule has 1 atom stereocenters. The third kappa shape index (κ3) is 4.87. The van der Waals surface area contributed by atoms with Gasteiger partial charge in [-0.3, -0.25) is 9.10 Å². The number of hydrogen-bond donors (Lipinski definition) is 1. The number of halogens is 3. The van der Waals surface area contributed by atoms with Crippen LogP contribution in [-0.2, 0) is 14.8 Å². The number of nitrogens with one attached hydrogen (secondary N) is 1. The van der Waals surface area contributed by atoms with Gasteiger partial charge >= 0.3 is 0 Å². The van der Waals surface area contributed by atoms with E-state index >= 15 is 0 Å². The van der Waals surface area contributed by atoms with Crippen LogP contribution in [0.2, 0.25) is 10.0 Å². The van der Waals surface area contributed by atoms with Gasteiger partial charge in [0.1, 0.15) is 11.9 Å². The number of carbonyl (C=O) groups is 1. The first kappa shape index (κ1) is 20.5. The Balaban J connectivity index is 2.36. The molecule has 1 amide bonds. The van der Waals surface area contributed by atoms with Crippen molar-refractivity contribution < 1.29 is 17.6 Å². The zero-order valence-corrected chi connectivity index (χ0v) is 16.4. The fourth-order valence-corrected chi connectivity index (χ4v) is 3.97. The van der Waals surface area contributed by atoms with E-state index in [-0.39, 0.29) is 17.1 Å². The third-order valence-corrected chi connectivity index (χ3v) is 5.32.